The van der Waals surface area contributed by atoms with Crippen molar-refractivity contribution in [3.63, 3.8) is 0 Å². The van der Waals surface area contributed by atoms with Crippen LogP contribution in [0.4, 0.5) is 5.69 Å². The number of hydrogen-bond acceptors (Lipinski definition) is 2. The predicted molar refractivity (Wildman–Crippen MR) is 64.7 cm³/mol. The summed E-state index contributed by atoms with van der Waals surface area (Å²) in [7, 11) is 0. The third-order valence-electron chi connectivity index (χ3n) is 3.72. The first-order valence-corrected chi connectivity index (χ1v) is 6.18. The van der Waals surface area contributed by atoms with Crippen LogP contribution in [0.15, 0.2) is 24.3 Å². The smallest absolute Gasteiger partial charge is 0.142 e. The number of aryl methyl sites for hydroxylation is 1. The van der Waals surface area contributed by atoms with Crippen LogP contribution in [-0.2, 0) is 11.2 Å². The first-order chi connectivity index (χ1) is 7.88. The highest BCUT2D eigenvalue weighted by atomic mass is 16.1. The van der Waals surface area contributed by atoms with Crippen molar-refractivity contribution in [1.29, 1.82) is 0 Å². The van der Waals surface area contributed by atoms with Gasteiger partial charge >= 0.3 is 0 Å². The van der Waals surface area contributed by atoms with Gasteiger partial charge < -0.3 is 9.69 Å². The van der Waals surface area contributed by atoms with E-state index in [4.69, 9.17) is 0 Å². The van der Waals surface area contributed by atoms with E-state index in [-0.39, 0.29) is 6.04 Å². The molecule has 1 heterocycles. The van der Waals surface area contributed by atoms with Crippen molar-refractivity contribution in [2.24, 2.45) is 5.92 Å². The Morgan fingerprint density at radius 3 is 2.81 bits per heavy atom. The summed E-state index contributed by atoms with van der Waals surface area (Å²) in [6, 6.07) is 8.63. The largest absolute Gasteiger partial charge is 0.361 e. The van der Waals surface area contributed by atoms with Gasteiger partial charge in [-0.25, -0.2) is 0 Å². The number of carbonyl (C=O) groups is 1. The maximum atomic E-state index is 11.1. The van der Waals surface area contributed by atoms with Gasteiger partial charge in [-0.1, -0.05) is 18.2 Å². The highest BCUT2D eigenvalue weighted by Crippen LogP contribution is 2.36. The molecule has 0 aromatic heterocycles. The number of carbonyl (C=O) groups excluding carboxylic acids is 1. The van der Waals surface area contributed by atoms with Crippen molar-refractivity contribution in [1.82, 2.24) is 0 Å². The van der Waals surface area contributed by atoms with Gasteiger partial charge in [0.15, 0.2) is 0 Å². The summed E-state index contributed by atoms with van der Waals surface area (Å²) >= 11 is 0. The zero-order valence-corrected chi connectivity index (χ0v) is 9.43. The average molecular weight is 215 g/mol. The van der Waals surface area contributed by atoms with Gasteiger partial charge in [0.1, 0.15) is 6.29 Å². The Morgan fingerprint density at radius 2 is 2.06 bits per heavy atom. The van der Waals surface area contributed by atoms with Crippen molar-refractivity contribution >= 4 is 12.0 Å². The quantitative estimate of drug-likeness (QED) is 0.722. The van der Waals surface area contributed by atoms with Crippen molar-refractivity contribution in [2.45, 2.75) is 31.7 Å². The van der Waals surface area contributed by atoms with Gasteiger partial charge in [-0.3, -0.25) is 0 Å². The van der Waals surface area contributed by atoms with E-state index in [0.717, 1.165) is 31.6 Å². The van der Waals surface area contributed by atoms with E-state index in [1.807, 2.05) is 0 Å². The van der Waals surface area contributed by atoms with E-state index in [2.05, 4.69) is 29.2 Å². The molecule has 3 rings (SSSR count). The lowest BCUT2D eigenvalue weighted by Gasteiger charge is -2.36. The number of nitrogens with zero attached hydrogens (tertiary/aromatic N) is 1. The minimum absolute atomic E-state index is 0.107. The van der Waals surface area contributed by atoms with Crippen LogP contribution in [0.1, 0.15) is 24.8 Å². The van der Waals surface area contributed by atoms with E-state index < -0.39 is 0 Å². The summed E-state index contributed by atoms with van der Waals surface area (Å²) in [4.78, 5) is 13.5. The first-order valence-electron chi connectivity index (χ1n) is 6.18. The molecule has 0 saturated heterocycles. The molecule has 16 heavy (non-hydrogen) atoms. The van der Waals surface area contributed by atoms with Crippen LogP contribution < -0.4 is 4.90 Å². The maximum Gasteiger partial charge on any atom is 0.142 e. The maximum absolute atomic E-state index is 11.1. The van der Waals surface area contributed by atoms with Gasteiger partial charge in [0.2, 0.25) is 0 Å². The highest BCUT2D eigenvalue weighted by molar-refractivity contribution is 5.70. The Hall–Kier alpha value is -1.31. The van der Waals surface area contributed by atoms with Crippen LogP contribution in [0.5, 0.6) is 0 Å². The van der Waals surface area contributed by atoms with E-state index in [1.54, 1.807) is 0 Å². The summed E-state index contributed by atoms with van der Waals surface area (Å²) in [5, 5.41) is 0. The Morgan fingerprint density at radius 1 is 1.25 bits per heavy atom. The molecule has 84 valence electrons. The fourth-order valence-electron chi connectivity index (χ4n) is 2.59. The number of aldehydes is 1. The average Bonchev–Trinajstić information content (AvgIpc) is 3.13. The molecule has 0 spiro atoms. The number of hydrogen-bond donors (Lipinski definition) is 0. The van der Waals surface area contributed by atoms with Crippen LogP contribution in [0.3, 0.4) is 0 Å². The molecule has 2 aliphatic rings. The van der Waals surface area contributed by atoms with Crippen molar-refractivity contribution in [3.05, 3.63) is 29.8 Å². The van der Waals surface area contributed by atoms with Crippen LogP contribution in [0.25, 0.3) is 0 Å². The normalized spacial score (nSPS) is 24.0. The topological polar surface area (TPSA) is 20.3 Å². The van der Waals surface area contributed by atoms with Gasteiger partial charge in [-0.15, -0.1) is 0 Å². The van der Waals surface area contributed by atoms with Gasteiger partial charge in [0.05, 0.1) is 6.04 Å². The van der Waals surface area contributed by atoms with Crippen LogP contribution in [0, 0.1) is 5.92 Å². The summed E-state index contributed by atoms with van der Waals surface area (Å²) in [5.74, 6) is 0.827. The van der Waals surface area contributed by atoms with Crippen LogP contribution in [-0.4, -0.2) is 18.9 Å². The second kappa shape index (κ2) is 3.93. The van der Waals surface area contributed by atoms with Gasteiger partial charge in [-0.05, 0) is 43.2 Å². The van der Waals surface area contributed by atoms with Crippen LogP contribution in [0.2, 0.25) is 0 Å². The summed E-state index contributed by atoms with van der Waals surface area (Å²) in [5.41, 5.74) is 2.69. The predicted octanol–water partition coefficient (Wildman–Crippen LogP) is 2.42. The van der Waals surface area contributed by atoms with Gasteiger partial charge in [0.25, 0.3) is 0 Å². The van der Waals surface area contributed by atoms with Crippen molar-refractivity contribution < 1.29 is 4.79 Å². The van der Waals surface area contributed by atoms with Gasteiger partial charge in [0, 0.05) is 12.2 Å². The molecule has 0 bridgehead atoms. The third kappa shape index (κ3) is 1.73. The molecular weight excluding hydrogens is 198 g/mol. The Kier molecular flexibility index (Phi) is 2.43. The SMILES string of the molecule is O=C[C@@H]1CCc2ccccc2N1CC1CC1. The number of para-hydroxylation sites is 1. The molecule has 1 atom stereocenters. The van der Waals surface area contributed by atoms with Crippen LogP contribution >= 0.6 is 0 Å². The first kappa shape index (κ1) is 9.88. The molecule has 1 fully saturated rings. The van der Waals surface area contributed by atoms with Crippen molar-refractivity contribution in [3.8, 4) is 0 Å². The Bertz CT molecular complexity index is 397. The van der Waals surface area contributed by atoms with E-state index in [0.29, 0.717) is 0 Å². The second-order valence-electron chi connectivity index (χ2n) is 4.97. The minimum atomic E-state index is 0.107. The summed E-state index contributed by atoms with van der Waals surface area (Å²) in [6.45, 7) is 1.07. The molecule has 0 radical (unpaired) electrons. The van der Waals surface area contributed by atoms with E-state index in [1.165, 1.54) is 24.1 Å². The third-order valence-corrected chi connectivity index (χ3v) is 3.72. The Balaban J connectivity index is 1.92. The van der Waals surface area contributed by atoms with Crippen molar-refractivity contribution in [2.75, 3.05) is 11.4 Å². The minimum Gasteiger partial charge on any atom is -0.361 e. The molecule has 1 aromatic rings. The molecule has 1 aromatic carbocycles. The van der Waals surface area contributed by atoms with Gasteiger partial charge in [-0.2, -0.15) is 0 Å². The lowest BCUT2D eigenvalue weighted by molar-refractivity contribution is -0.109. The number of fused-ring (bicyclic) bond motifs is 1. The summed E-state index contributed by atoms with van der Waals surface area (Å²) in [6.07, 6.45) is 5.82. The zero-order chi connectivity index (χ0) is 11.0. The molecule has 1 saturated carbocycles. The lowest BCUT2D eigenvalue weighted by Crippen LogP contribution is -2.41. The standard InChI is InChI=1S/C14H17NO/c16-10-13-8-7-12-3-1-2-4-14(12)15(13)9-11-5-6-11/h1-4,10-11,13H,5-9H2/t13-/m0/s1. The molecule has 1 aliphatic carbocycles. The zero-order valence-electron chi connectivity index (χ0n) is 9.43. The number of rotatable bonds is 3. The lowest BCUT2D eigenvalue weighted by atomic mass is 9.96. The molecule has 1 aliphatic heterocycles. The number of anilines is 1. The monoisotopic (exact) mass is 215 g/mol. The van der Waals surface area contributed by atoms with E-state index in [9.17, 15) is 4.79 Å². The molecule has 0 amide bonds. The highest BCUT2D eigenvalue weighted by Gasteiger charge is 2.31. The molecule has 0 N–H and O–H groups in total. The fourth-order valence-corrected chi connectivity index (χ4v) is 2.59. The molecule has 2 nitrogen and oxygen atoms in total. The van der Waals surface area contributed by atoms with E-state index >= 15 is 0 Å². The summed E-state index contributed by atoms with van der Waals surface area (Å²) < 4.78 is 0. The second-order valence-corrected chi connectivity index (χ2v) is 4.97. The molecule has 0 unspecified atom stereocenters. The fraction of sp³-hybridized carbons (Fsp3) is 0.500. The number of benzene rings is 1. The Labute approximate surface area is 96.3 Å². The molecular formula is C14H17NO. The molecule has 2 heteroatoms.